The van der Waals surface area contributed by atoms with E-state index in [0.717, 1.165) is 17.7 Å². The average Bonchev–Trinajstić information content (AvgIpc) is 2.89. The van der Waals surface area contributed by atoms with Crippen molar-refractivity contribution < 1.29 is 4.74 Å². The van der Waals surface area contributed by atoms with Crippen molar-refractivity contribution >= 4 is 22.5 Å². The minimum atomic E-state index is 0.162. The average molecular weight is 329 g/mol. The number of methoxy groups -OCH3 is 1. The van der Waals surface area contributed by atoms with Crippen molar-refractivity contribution in [2.75, 3.05) is 13.7 Å². The van der Waals surface area contributed by atoms with Crippen molar-refractivity contribution in [3.8, 4) is 5.75 Å². The van der Waals surface area contributed by atoms with Gasteiger partial charge in [-0.3, -0.25) is 0 Å². The van der Waals surface area contributed by atoms with Crippen molar-refractivity contribution in [2.24, 2.45) is 12.8 Å². The predicted octanol–water partition coefficient (Wildman–Crippen LogP) is 4.13. The topological polar surface area (TPSA) is 40.2 Å². The van der Waals surface area contributed by atoms with E-state index in [0.29, 0.717) is 11.6 Å². The van der Waals surface area contributed by atoms with Crippen LogP contribution in [0.25, 0.3) is 10.9 Å². The zero-order valence-electron chi connectivity index (χ0n) is 13.4. The SMILES string of the molecule is COc1ccc(Cl)cc1C(CN)Cc1cn(C)c2ccccc12. The highest BCUT2D eigenvalue weighted by Crippen LogP contribution is 2.33. The second-order valence-corrected chi connectivity index (χ2v) is 6.24. The van der Waals surface area contributed by atoms with Gasteiger partial charge in [-0.1, -0.05) is 29.8 Å². The van der Waals surface area contributed by atoms with Crippen LogP contribution in [0.4, 0.5) is 0 Å². The van der Waals surface area contributed by atoms with Gasteiger partial charge in [0.25, 0.3) is 0 Å². The van der Waals surface area contributed by atoms with E-state index in [1.54, 1.807) is 7.11 Å². The first-order valence-corrected chi connectivity index (χ1v) is 8.08. The number of aromatic nitrogens is 1. The Labute approximate surface area is 141 Å². The minimum Gasteiger partial charge on any atom is -0.496 e. The lowest BCUT2D eigenvalue weighted by atomic mass is 9.91. The normalized spacial score (nSPS) is 12.5. The Bertz CT molecular complexity index is 825. The van der Waals surface area contributed by atoms with E-state index in [1.165, 1.54) is 16.5 Å². The second kappa shape index (κ2) is 6.65. The van der Waals surface area contributed by atoms with Gasteiger partial charge in [-0.15, -0.1) is 0 Å². The zero-order valence-corrected chi connectivity index (χ0v) is 14.2. The highest BCUT2D eigenvalue weighted by molar-refractivity contribution is 6.30. The Morgan fingerprint density at radius 2 is 2.00 bits per heavy atom. The van der Waals surface area contributed by atoms with E-state index in [-0.39, 0.29) is 5.92 Å². The highest BCUT2D eigenvalue weighted by Gasteiger charge is 2.18. The molecule has 0 saturated carbocycles. The van der Waals surface area contributed by atoms with Crippen LogP contribution in [0.15, 0.2) is 48.7 Å². The van der Waals surface area contributed by atoms with Gasteiger partial charge in [0.2, 0.25) is 0 Å². The number of para-hydroxylation sites is 1. The first kappa shape index (κ1) is 15.9. The molecule has 0 saturated heterocycles. The number of benzene rings is 2. The lowest BCUT2D eigenvalue weighted by molar-refractivity contribution is 0.405. The number of nitrogens with zero attached hydrogens (tertiary/aromatic N) is 1. The van der Waals surface area contributed by atoms with Crippen LogP contribution in [-0.4, -0.2) is 18.2 Å². The van der Waals surface area contributed by atoms with Gasteiger partial charge in [-0.2, -0.15) is 0 Å². The number of fused-ring (bicyclic) bond motifs is 1. The fourth-order valence-corrected chi connectivity index (χ4v) is 3.38. The quantitative estimate of drug-likeness (QED) is 0.765. The maximum atomic E-state index is 6.18. The molecule has 2 N–H and O–H groups in total. The summed E-state index contributed by atoms with van der Waals surface area (Å²) in [6, 6.07) is 14.1. The molecule has 1 atom stereocenters. The lowest BCUT2D eigenvalue weighted by Gasteiger charge is -2.18. The van der Waals surface area contributed by atoms with Crippen LogP contribution in [0.3, 0.4) is 0 Å². The molecular formula is C19H21ClN2O. The first-order valence-electron chi connectivity index (χ1n) is 7.70. The van der Waals surface area contributed by atoms with Crippen LogP contribution < -0.4 is 10.5 Å². The van der Waals surface area contributed by atoms with Crippen molar-refractivity contribution in [1.82, 2.24) is 4.57 Å². The van der Waals surface area contributed by atoms with E-state index in [2.05, 4.69) is 42.1 Å². The Hall–Kier alpha value is -1.97. The molecule has 3 aromatic rings. The summed E-state index contributed by atoms with van der Waals surface area (Å²) in [4.78, 5) is 0. The molecule has 0 aliphatic carbocycles. The maximum absolute atomic E-state index is 6.18. The highest BCUT2D eigenvalue weighted by atomic mass is 35.5. The Kier molecular flexibility index (Phi) is 4.60. The Morgan fingerprint density at radius 3 is 2.74 bits per heavy atom. The van der Waals surface area contributed by atoms with Gasteiger partial charge in [0.15, 0.2) is 0 Å². The lowest BCUT2D eigenvalue weighted by Crippen LogP contribution is -2.16. The summed E-state index contributed by atoms with van der Waals surface area (Å²) >= 11 is 6.18. The van der Waals surface area contributed by atoms with Crippen molar-refractivity contribution in [2.45, 2.75) is 12.3 Å². The van der Waals surface area contributed by atoms with Crippen LogP contribution in [0.5, 0.6) is 5.75 Å². The maximum Gasteiger partial charge on any atom is 0.122 e. The molecular weight excluding hydrogens is 308 g/mol. The standard InChI is InChI=1S/C19H21ClN2O/c1-22-12-14(16-5-3-4-6-18(16)22)9-13(11-21)17-10-15(20)7-8-19(17)23-2/h3-8,10,12-13H,9,11,21H2,1-2H3. The molecule has 4 heteroatoms. The van der Waals surface area contributed by atoms with Gasteiger partial charge >= 0.3 is 0 Å². The molecule has 0 aliphatic rings. The van der Waals surface area contributed by atoms with Gasteiger partial charge in [-0.05, 0) is 42.8 Å². The number of rotatable bonds is 5. The molecule has 120 valence electrons. The third kappa shape index (κ3) is 3.07. The number of nitrogens with two attached hydrogens (primary N) is 1. The van der Waals surface area contributed by atoms with Crippen molar-refractivity contribution in [3.63, 3.8) is 0 Å². The van der Waals surface area contributed by atoms with E-state index in [1.807, 2.05) is 18.2 Å². The number of hydrogen-bond donors (Lipinski definition) is 1. The first-order chi connectivity index (χ1) is 11.1. The van der Waals surface area contributed by atoms with Crippen molar-refractivity contribution in [1.29, 1.82) is 0 Å². The predicted molar refractivity (Wildman–Crippen MR) is 96.4 cm³/mol. The molecule has 2 aromatic carbocycles. The molecule has 1 heterocycles. The largest absolute Gasteiger partial charge is 0.496 e. The molecule has 0 fully saturated rings. The van der Waals surface area contributed by atoms with E-state index in [9.17, 15) is 0 Å². The molecule has 0 aliphatic heterocycles. The Morgan fingerprint density at radius 1 is 1.22 bits per heavy atom. The monoisotopic (exact) mass is 328 g/mol. The molecule has 23 heavy (non-hydrogen) atoms. The molecule has 3 nitrogen and oxygen atoms in total. The number of ether oxygens (including phenoxy) is 1. The summed E-state index contributed by atoms with van der Waals surface area (Å²) < 4.78 is 7.65. The molecule has 0 spiro atoms. The fraction of sp³-hybridized carbons (Fsp3) is 0.263. The number of halogens is 1. The summed E-state index contributed by atoms with van der Waals surface area (Å²) in [5.74, 6) is 1.000. The van der Waals surface area contributed by atoms with Gasteiger partial charge in [0.05, 0.1) is 7.11 Å². The molecule has 0 amide bonds. The second-order valence-electron chi connectivity index (χ2n) is 5.81. The molecule has 3 rings (SSSR count). The van der Waals surface area contributed by atoms with Crippen LogP contribution in [0.1, 0.15) is 17.0 Å². The van der Waals surface area contributed by atoms with Crippen molar-refractivity contribution in [3.05, 3.63) is 64.8 Å². The van der Waals surface area contributed by atoms with Gasteiger partial charge in [0, 0.05) is 40.7 Å². The van der Waals surface area contributed by atoms with Crippen LogP contribution >= 0.6 is 11.6 Å². The van der Waals surface area contributed by atoms with Gasteiger partial charge < -0.3 is 15.0 Å². The van der Waals surface area contributed by atoms with Gasteiger partial charge in [-0.25, -0.2) is 0 Å². The summed E-state index contributed by atoms with van der Waals surface area (Å²) in [7, 11) is 3.75. The Balaban J connectivity index is 2.01. The summed E-state index contributed by atoms with van der Waals surface area (Å²) in [5, 5.41) is 1.98. The van der Waals surface area contributed by atoms with Gasteiger partial charge in [0.1, 0.15) is 5.75 Å². The van der Waals surface area contributed by atoms with E-state index in [4.69, 9.17) is 22.1 Å². The smallest absolute Gasteiger partial charge is 0.122 e. The molecule has 1 unspecified atom stereocenters. The van der Waals surface area contributed by atoms with Crippen LogP contribution in [0, 0.1) is 0 Å². The third-order valence-corrected chi connectivity index (χ3v) is 4.60. The number of aryl methyl sites for hydroxylation is 1. The number of hydrogen-bond acceptors (Lipinski definition) is 2. The molecule has 0 radical (unpaired) electrons. The molecule has 0 bridgehead atoms. The van der Waals surface area contributed by atoms with E-state index < -0.39 is 0 Å². The van der Waals surface area contributed by atoms with Crippen LogP contribution in [0.2, 0.25) is 5.02 Å². The minimum absolute atomic E-state index is 0.162. The third-order valence-electron chi connectivity index (χ3n) is 4.36. The summed E-state index contributed by atoms with van der Waals surface area (Å²) in [6.07, 6.45) is 3.04. The summed E-state index contributed by atoms with van der Waals surface area (Å²) in [5.41, 5.74) is 9.66. The summed E-state index contributed by atoms with van der Waals surface area (Å²) in [6.45, 7) is 0.542. The van der Waals surface area contributed by atoms with Crippen LogP contribution in [-0.2, 0) is 13.5 Å². The van der Waals surface area contributed by atoms with E-state index >= 15 is 0 Å². The molecule has 1 aromatic heterocycles. The fourth-order valence-electron chi connectivity index (χ4n) is 3.20. The zero-order chi connectivity index (χ0) is 16.4.